The van der Waals surface area contributed by atoms with Crippen LogP contribution in [-0.4, -0.2) is 24.2 Å². The molecule has 1 rings (SSSR count). The van der Waals surface area contributed by atoms with E-state index in [-0.39, 0.29) is 12.1 Å². The smallest absolute Gasteiger partial charge is 0.384 e. The first-order valence-corrected chi connectivity index (χ1v) is 6.75. The van der Waals surface area contributed by atoms with Crippen LogP contribution in [0.2, 0.25) is 0 Å². The molecule has 0 bridgehead atoms. The molecule has 0 spiro atoms. The number of hydrogen-bond donors (Lipinski definition) is 2. The molecule has 22 heavy (non-hydrogen) atoms. The molecule has 0 radical (unpaired) electrons. The molecule has 0 atom stereocenters. The lowest BCUT2D eigenvalue weighted by Gasteiger charge is -2.21. The first-order chi connectivity index (χ1) is 10.0. The number of anilines is 1. The molecule has 2 N–H and O–H groups in total. The lowest BCUT2D eigenvalue weighted by atomic mass is 10.0. The van der Waals surface area contributed by atoms with E-state index in [1.807, 2.05) is 0 Å². The molecule has 1 aromatic carbocycles. The number of hydrogen-bond acceptors (Lipinski definition) is 2. The number of halogens is 3. The van der Waals surface area contributed by atoms with Gasteiger partial charge in [0.2, 0.25) is 0 Å². The van der Waals surface area contributed by atoms with Gasteiger partial charge in [0.25, 0.3) is 5.91 Å². The van der Waals surface area contributed by atoms with Crippen LogP contribution in [-0.2, 0) is 0 Å². The fourth-order valence-corrected chi connectivity index (χ4v) is 1.73. The fraction of sp³-hybridized carbons (Fsp3) is 0.438. The van der Waals surface area contributed by atoms with Crippen molar-refractivity contribution in [2.75, 3.05) is 11.9 Å². The highest BCUT2D eigenvalue weighted by Gasteiger charge is 2.26. The Kier molecular flexibility index (Phi) is 5.48. The van der Waals surface area contributed by atoms with Crippen LogP contribution in [0.3, 0.4) is 0 Å². The third-order valence-electron chi connectivity index (χ3n) is 2.93. The average molecular weight is 312 g/mol. The number of alkyl halides is 3. The van der Waals surface area contributed by atoms with Crippen LogP contribution in [0.4, 0.5) is 18.9 Å². The summed E-state index contributed by atoms with van der Waals surface area (Å²) < 4.78 is 36.7. The van der Waals surface area contributed by atoms with Gasteiger partial charge in [0, 0.05) is 12.2 Å². The van der Waals surface area contributed by atoms with E-state index >= 15 is 0 Å². The highest BCUT2D eigenvalue weighted by Crippen LogP contribution is 2.22. The third-order valence-corrected chi connectivity index (χ3v) is 2.93. The predicted molar refractivity (Wildman–Crippen MR) is 80.7 cm³/mol. The van der Waals surface area contributed by atoms with Crippen LogP contribution >= 0.6 is 0 Å². The zero-order chi connectivity index (χ0) is 17.0. The van der Waals surface area contributed by atoms with Gasteiger partial charge in [-0.2, -0.15) is 13.2 Å². The van der Waals surface area contributed by atoms with Gasteiger partial charge in [-0.25, -0.2) is 0 Å². The molecule has 3 nitrogen and oxygen atoms in total. The number of carbonyl (C=O) groups excluding carboxylic acids is 1. The third kappa shape index (κ3) is 5.68. The Morgan fingerprint density at radius 1 is 1.32 bits per heavy atom. The quantitative estimate of drug-likeness (QED) is 0.817. The maximum absolute atomic E-state index is 12.2. The van der Waals surface area contributed by atoms with Crippen molar-refractivity contribution < 1.29 is 18.0 Å². The van der Waals surface area contributed by atoms with E-state index in [1.54, 1.807) is 39.0 Å². The monoisotopic (exact) mass is 312 g/mol. The highest BCUT2D eigenvalue weighted by molar-refractivity contribution is 6.00. The molecule has 1 amide bonds. The molecule has 120 valence electrons. The zero-order valence-electron chi connectivity index (χ0n) is 12.8. The van der Waals surface area contributed by atoms with Gasteiger partial charge in [-0.05, 0) is 38.5 Å². The standard InChI is InChI=1S/C16H19F3N2O/c1-5-15(3,4)21-14(22)12-7-6-11(2)10-13(12)20-9-8-16(17,18)19/h1,6-7,10,20H,8-9H2,2-4H3,(H,21,22). The van der Waals surface area contributed by atoms with Crippen LogP contribution < -0.4 is 10.6 Å². The molecule has 0 fully saturated rings. The molecule has 0 heterocycles. The van der Waals surface area contributed by atoms with Crippen molar-refractivity contribution in [3.05, 3.63) is 29.3 Å². The summed E-state index contributed by atoms with van der Waals surface area (Å²) in [4.78, 5) is 12.2. The van der Waals surface area contributed by atoms with Gasteiger partial charge in [-0.1, -0.05) is 12.0 Å². The summed E-state index contributed by atoms with van der Waals surface area (Å²) in [5.74, 6) is 2.00. The lowest BCUT2D eigenvalue weighted by molar-refractivity contribution is -0.131. The molecule has 0 aromatic heterocycles. The van der Waals surface area contributed by atoms with E-state index in [0.29, 0.717) is 5.69 Å². The van der Waals surface area contributed by atoms with Crippen molar-refractivity contribution >= 4 is 11.6 Å². The van der Waals surface area contributed by atoms with Crippen molar-refractivity contribution in [3.63, 3.8) is 0 Å². The van der Waals surface area contributed by atoms with Gasteiger partial charge in [-0.15, -0.1) is 6.42 Å². The Labute approximate surface area is 128 Å². The Hall–Kier alpha value is -2.16. The summed E-state index contributed by atoms with van der Waals surface area (Å²) in [5.41, 5.74) is 0.610. The molecule has 0 saturated carbocycles. The summed E-state index contributed by atoms with van der Waals surface area (Å²) in [6.07, 6.45) is 0.0979. The van der Waals surface area contributed by atoms with Gasteiger partial charge in [0.1, 0.15) is 0 Å². The Balaban J connectivity index is 2.91. The summed E-state index contributed by atoms with van der Waals surface area (Å²) in [6.45, 7) is 4.82. The lowest BCUT2D eigenvalue weighted by Crippen LogP contribution is -2.42. The SMILES string of the molecule is C#CC(C)(C)NC(=O)c1ccc(C)cc1NCCC(F)(F)F. The molecule has 0 unspecified atom stereocenters. The van der Waals surface area contributed by atoms with Crippen LogP contribution in [0.25, 0.3) is 0 Å². The molecule has 0 saturated heterocycles. The second kappa shape index (κ2) is 6.73. The van der Waals surface area contributed by atoms with Crippen molar-refractivity contribution in [3.8, 4) is 12.3 Å². The topological polar surface area (TPSA) is 41.1 Å². The number of nitrogens with one attached hydrogen (secondary N) is 2. The molecular formula is C16H19F3N2O. The van der Waals surface area contributed by atoms with E-state index in [9.17, 15) is 18.0 Å². The van der Waals surface area contributed by atoms with Gasteiger partial charge >= 0.3 is 6.18 Å². The Bertz CT molecular complexity index is 586. The van der Waals surface area contributed by atoms with E-state index in [1.165, 1.54) is 0 Å². The Morgan fingerprint density at radius 3 is 2.50 bits per heavy atom. The molecule has 0 aliphatic rings. The van der Waals surface area contributed by atoms with Gasteiger partial charge < -0.3 is 10.6 Å². The highest BCUT2D eigenvalue weighted by atomic mass is 19.4. The van der Waals surface area contributed by atoms with Gasteiger partial charge in [-0.3, -0.25) is 4.79 Å². The predicted octanol–water partition coefficient (Wildman–Crippen LogP) is 3.50. The summed E-state index contributed by atoms with van der Waals surface area (Å²) in [6, 6.07) is 4.91. The minimum absolute atomic E-state index is 0.260. The normalized spacial score (nSPS) is 11.7. The van der Waals surface area contributed by atoms with Gasteiger partial charge in [0.15, 0.2) is 0 Å². The number of aryl methyl sites for hydroxylation is 1. The molecule has 6 heteroatoms. The minimum atomic E-state index is -4.25. The zero-order valence-corrected chi connectivity index (χ0v) is 12.8. The van der Waals surface area contributed by atoms with Crippen LogP contribution in [0.1, 0.15) is 36.2 Å². The number of rotatable bonds is 5. The summed E-state index contributed by atoms with van der Waals surface area (Å²) in [5, 5.41) is 5.31. The maximum atomic E-state index is 12.2. The molecule has 1 aromatic rings. The number of benzene rings is 1. The largest absolute Gasteiger partial charge is 0.390 e. The molecular weight excluding hydrogens is 293 g/mol. The van der Waals surface area contributed by atoms with Crippen molar-refractivity contribution in [1.82, 2.24) is 5.32 Å². The van der Waals surface area contributed by atoms with Crippen LogP contribution in [0.5, 0.6) is 0 Å². The van der Waals surface area contributed by atoms with E-state index < -0.39 is 24.0 Å². The summed E-state index contributed by atoms with van der Waals surface area (Å²) in [7, 11) is 0. The van der Waals surface area contributed by atoms with Crippen molar-refractivity contribution in [1.29, 1.82) is 0 Å². The number of terminal acetylenes is 1. The minimum Gasteiger partial charge on any atom is -0.384 e. The second-order valence-corrected chi connectivity index (χ2v) is 5.56. The fourth-order valence-electron chi connectivity index (χ4n) is 1.73. The van der Waals surface area contributed by atoms with E-state index in [0.717, 1.165) is 5.56 Å². The number of amides is 1. The first-order valence-electron chi connectivity index (χ1n) is 6.75. The second-order valence-electron chi connectivity index (χ2n) is 5.56. The van der Waals surface area contributed by atoms with E-state index in [4.69, 9.17) is 6.42 Å². The maximum Gasteiger partial charge on any atom is 0.390 e. The Morgan fingerprint density at radius 2 is 1.95 bits per heavy atom. The van der Waals surface area contributed by atoms with Gasteiger partial charge in [0.05, 0.1) is 17.5 Å². The number of carbonyl (C=O) groups is 1. The first kappa shape index (κ1) is 17.9. The van der Waals surface area contributed by atoms with Crippen LogP contribution in [0, 0.1) is 19.3 Å². The summed E-state index contributed by atoms with van der Waals surface area (Å²) >= 11 is 0. The van der Waals surface area contributed by atoms with Crippen molar-refractivity contribution in [2.24, 2.45) is 0 Å². The molecule has 0 aliphatic carbocycles. The van der Waals surface area contributed by atoms with Crippen LogP contribution in [0.15, 0.2) is 18.2 Å². The van der Waals surface area contributed by atoms with Crippen molar-refractivity contribution in [2.45, 2.75) is 38.9 Å². The van der Waals surface area contributed by atoms with E-state index in [2.05, 4.69) is 16.6 Å². The molecule has 0 aliphatic heterocycles. The average Bonchev–Trinajstić information content (AvgIpc) is 2.36.